The first-order chi connectivity index (χ1) is 13.5. The van der Waals surface area contributed by atoms with Crippen LogP contribution in [0.25, 0.3) is 16.7 Å². The molecule has 5 heteroatoms. The standard InChI is InChI=1S/C23H22N4O/c1-4-17-6-10-20(11-7-17)27-25-21-12-9-19(14-22(21)26-27)24-23(28)18-8-5-15(2)16(3)13-18/h5-14H,4H2,1-3H3,(H,24,28). The van der Waals surface area contributed by atoms with Crippen LogP contribution >= 0.6 is 0 Å². The Bertz CT molecular complexity index is 1160. The molecule has 0 radical (unpaired) electrons. The van der Waals surface area contributed by atoms with Crippen molar-refractivity contribution < 1.29 is 4.79 Å². The highest BCUT2D eigenvalue weighted by atomic mass is 16.1. The molecule has 4 rings (SSSR count). The number of nitrogens with zero attached hydrogens (tertiary/aromatic N) is 3. The van der Waals surface area contributed by atoms with Gasteiger partial charge in [0.1, 0.15) is 11.0 Å². The number of aryl methyl sites for hydroxylation is 3. The summed E-state index contributed by atoms with van der Waals surface area (Å²) >= 11 is 0. The number of amides is 1. The van der Waals surface area contributed by atoms with Crippen molar-refractivity contribution in [1.29, 1.82) is 0 Å². The molecule has 0 saturated carbocycles. The van der Waals surface area contributed by atoms with Crippen molar-refractivity contribution in [3.05, 3.63) is 82.9 Å². The van der Waals surface area contributed by atoms with E-state index in [2.05, 4.69) is 34.6 Å². The molecule has 1 amide bonds. The van der Waals surface area contributed by atoms with Gasteiger partial charge in [0.05, 0.1) is 5.69 Å². The summed E-state index contributed by atoms with van der Waals surface area (Å²) < 4.78 is 0. The van der Waals surface area contributed by atoms with Gasteiger partial charge in [0, 0.05) is 11.3 Å². The Balaban J connectivity index is 1.58. The van der Waals surface area contributed by atoms with Crippen LogP contribution in [0.4, 0.5) is 5.69 Å². The maximum Gasteiger partial charge on any atom is 0.255 e. The Morgan fingerprint density at radius 1 is 0.893 bits per heavy atom. The summed E-state index contributed by atoms with van der Waals surface area (Å²) in [5.41, 5.74) is 7.31. The molecular weight excluding hydrogens is 348 g/mol. The summed E-state index contributed by atoms with van der Waals surface area (Å²) in [5, 5.41) is 12.0. The number of rotatable bonds is 4. The number of hydrogen-bond acceptors (Lipinski definition) is 3. The highest BCUT2D eigenvalue weighted by Crippen LogP contribution is 2.19. The van der Waals surface area contributed by atoms with E-state index in [-0.39, 0.29) is 5.91 Å². The van der Waals surface area contributed by atoms with E-state index >= 15 is 0 Å². The van der Waals surface area contributed by atoms with Crippen molar-refractivity contribution in [1.82, 2.24) is 15.0 Å². The van der Waals surface area contributed by atoms with E-state index in [1.54, 1.807) is 4.80 Å². The second-order valence-electron chi connectivity index (χ2n) is 6.97. The molecule has 0 aliphatic carbocycles. The number of benzene rings is 3. The lowest BCUT2D eigenvalue weighted by atomic mass is 10.1. The van der Waals surface area contributed by atoms with Gasteiger partial charge < -0.3 is 5.32 Å². The molecule has 140 valence electrons. The third-order valence-corrected chi connectivity index (χ3v) is 4.98. The van der Waals surface area contributed by atoms with Gasteiger partial charge in [-0.1, -0.05) is 25.1 Å². The molecule has 0 fully saturated rings. The van der Waals surface area contributed by atoms with E-state index in [1.807, 2.05) is 62.4 Å². The quantitative estimate of drug-likeness (QED) is 0.558. The molecule has 1 N–H and O–H groups in total. The molecular formula is C23H22N4O. The number of carbonyl (C=O) groups is 1. The maximum absolute atomic E-state index is 12.5. The Morgan fingerprint density at radius 2 is 1.64 bits per heavy atom. The molecule has 0 atom stereocenters. The highest BCUT2D eigenvalue weighted by Gasteiger charge is 2.10. The van der Waals surface area contributed by atoms with Crippen molar-refractivity contribution in [3.8, 4) is 5.69 Å². The number of carbonyl (C=O) groups excluding carboxylic acids is 1. The summed E-state index contributed by atoms with van der Waals surface area (Å²) in [5.74, 6) is -0.134. The number of aromatic nitrogens is 3. The van der Waals surface area contributed by atoms with Gasteiger partial charge in [-0.15, -0.1) is 10.2 Å². The predicted molar refractivity (Wildman–Crippen MR) is 112 cm³/mol. The first kappa shape index (κ1) is 17.9. The number of anilines is 1. The molecule has 1 aromatic heterocycles. The molecule has 5 nitrogen and oxygen atoms in total. The summed E-state index contributed by atoms with van der Waals surface area (Å²) in [7, 11) is 0. The van der Waals surface area contributed by atoms with Crippen molar-refractivity contribution in [2.45, 2.75) is 27.2 Å². The lowest BCUT2D eigenvalue weighted by Gasteiger charge is -2.07. The van der Waals surface area contributed by atoms with Crippen LogP contribution in [0.3, 0.4) is 0 Å². The summed E-state index contributed by atoms with van der Waals surface area (Å²) in [6.45, 7) is 6.16. The van der Waals surface area contributed by atoms with Gasteiger partial charge in [-0.05, 0) is 79.4 Å². The zero-order chi connectivity index (χ0) is 19.7. The van der Waals surface area contributed by atoms with Crippen LogP contribution < -0.4 is 5.32 Å². The topological polar surface area (TPSA) is 59.8 Å². The summed E-state index contributed by atoms with van der Waals surface area (Å²) in [6, 6.07) is 19.5. The Kier molecular flexibility index (Phi) is 4.65. The highest BCUT2D eigenvalue weighted by molar-refractivity contribution is 6.05. The van der Waals surface area contributed by atoms with E-state index in [4.69, 9.17) is 0 Å². The summed E-state index contributed by atoms with van der Waals surface area (Å²) in [4.78, 5) is 14.2. The van der Waals surface area contributed by atoms with Gasteiger partial charge >= 0.3 is 0 Å². The molecule has 0 unspecified atom stereocenters. The SMILES string of the molecule is CCc1ccc(-n2nc3ccc(NC(=O)c4ccc(C)c(C)c4)cc3n2)cc1. The van der Waals surface area contributed by atoms with E-state index in [9.17, 15) is 4.79 Å². The summed E-state index contributed by atoms with van der Waals surface area (Å²) in [6.07, 6.45) is 0.998. The molecule has 3 aromatic carbocycles. The zero-order valence-electron chi connectivity index (χ0n) is 16.2. The van der Waals surface area contributed by atoms with E-state index in [0.717, 1.165) is 28.7 Å². The molecule has 28 heavy (non-hydrogen) atoms. The normalized spacial score (nSPS) is 11.0. The van der Waals surface area contributed by atoms with Crippen LogP contribution in [0.1, 0.15) is 34.0 Å². The maximum atomic E-state index is 12.5. The Labute approximate surface area is 164 Å². The minimum absolute atomic E-state index is 0.134. The average molecular weight is 370 g/mol. The van der Waals surface area contributed by atoms with E-state index in [0.29, 0.717) is 11.3 Å². The smallest absolute Gasteiger partial charge is 0.255 e. The molecule has 0 aliphatic rings. The molecule has 0 bridgehead atoms. The number of nitrogens with one attached hydrogen (secondary N) is 1. The molecule has 0 spiro atoms. The van der Waals surface area contributed by atoms with Crippen molar-refractivity contribution in [2.24, 2.45) is 0 Å². The lowest BCUT2D eigenvalue weighted by molar-refractivity contribution is 0.102. The van der Waals surface area contributed by atoms with Crippen molar-refractivity contribution in [3.63, 3.8) is 0 Å². The lowest BCUT2D eigenvalue weighted by Crippen LogP contribution is -2.12. The third kappa shape index (κ3) is 3.51. The largest absolute Gasteiger partial charge is 0.322 e. The van der Waals surface area contributed by atoms with Gasteiger partial charge in [0.15, 0.2) is 0 Å². The zero-order valence-corrected chi connectivity index (χ0v) is 16.2. The predicted octanol–water partition coefficient (Wildman–Crippen LogP) is 4.85. The van der Waals surface area contributed by atoms with Gasteiger partial charge in [-0.2, -0.15) is 4.80 Å². The van der Waals surface area contributed by atoms with E-state index in [1.165, 1.54) is 11.1 Å². The first-order valence-corrected chi connectivity index (χ1v) is 9.38. The molecule has 0 saturated heterocycles. The van der Waals surface area contributed by atoms with Crippen LogP contribution in [0.5, 0.6) is 0 Å². The fraction of sp³-hybridized carbons (Fsp3) is 0.174. The molecule has 0 aliphatic heterocycles. The molecule has 4 aromatic rings. The van der Waals surface area contributed by atoms with Crippen LogP contribution in [-0.4, -0.2) is 20.9 Å². The fourth-order valence-corrected chi connectivity index (χ4v) is 3.06. The molecule has 1 heterocycles. The van der Waals surface area contributed by atoms with Crippen LogP contribution in [0, 0.1) is 13.8 Å². The first-order valence-electron chi connectivity index (χ1n) is 9.38. The van der Waals surface area contributed by atoms with Gasteiger partial charge in [0.2, 0.25) is 0 Å². The van der Waals surface area contributed by atoms with Crippen LogP contribution in [0.2, 0.25) is 0 Å². The van der Waals surface area contributed by atoms with Crippen molar-refractivity contribution >= 4 is 22.6 Å². The van der Waals surface area contributed by atoms with Gasteiger partial charge in [-0.25, -0.2) is 0 Å². The monoisotopic (exact) mass is 370 g/mol. The minimum atomic E-state index is -0.134. The fourth-order valence-electron chi connectivity index (χ4n) is 3.06. The minimum Gasteiger partial charge on any atom is -0.322 e. The second-order valence-corrected chi connectivity index (χ2v) is 6.97. The third-order valence-electron chi connectivity index (χ3n) is 4.98. The Morgan fingerprint density at radius 3 is 2.36 bits per heavy atom. The van der Waals surface area contributed by atoms with Crippen LogP contribution in [-0.2, 0) is 6.42 Å². The van der Waals surface area contributed by atoms with Crippen molar-refractivity contribution in [2.75, 3.05) is 5.32 Å². The van der Waals surface area contributed by atoms with Crippen LogP contribution in [0.15, 0.2) is 60.7 Å². The second kappa shape index (κ2) is 7.27. The van der Waals surface area contributed by atoms with E-state index < -0.39 is 0 Å². The van der Waals surface area contributed by atoms with Gasteiger partial charge in [-0.3, -0.25) is 4.79 Å². The van der Waals surface area contributed by atoms with Gasteiger partial charge in [0.25, 0.3) is 5.91 Å². The number of fused-ring (bicyclic) bond motifs is 1. The number of hydrogen-bond donors (Lipinski definition) is 1. The average Bonchev–Trinajstić information content (AvgIpc) is 3.13. The Hall–Kier alpha value is -3.47.